The zero-order valence-electron chi connectivity index (χ0n) is 14.7. The van der Waals surface area contributed by atoms with Gasteiger partial charge in [-0.2, -0.15) is 0 Å². The van der Waals surface area contributed by atoms with Gasteiger partial charge in [0.25, 0.3) is 5.56 Å². The van der Waals surface area contributed by atoms with Crippen LogP contribution in [0.4, 0.5) is 0 Å². The summed E-state index contributed by atoms with van der Waals surface area (Å²) >= 11 is 6.10. The summed E-state index contributed by atoms with van der Waals surface area (Å²) in [6, 6.07) is 21.9. The molecule has 27 heavy (non-hydrogen) atoms. The summed E-state index contributed by atoms with van der Waals surface area (Å²) < 4.78 is 2.85. The number of aryl methyl sites for hydroxylation is 1. The van der Waals surface area contributed by atoms with E-state index in [0.717, 1.165) is 11.1 Å². The fourth-order valence-corrected chi connectivity index (χ4v) is 3.50. The molecule has 0 fully saturated rings. The molecular formula is C22H17ClN2O2. The second kappa shape index (κ2) is 6.89. The van der Waals surface area contributed by atoms with E-state index < -0.39 is 0 Å². The summed E-state index contributed by atoms with van der Waals surface area (Å²) in [5.74, 6) is 0. The average Bonchev–Trinajstić information content (AvgIpc) is 2.65. The normalized spacial score (nSPS) is 11.0. The Hall–Kier alpha value is -3.11. The lowest BCUT2D eigenvalue weighted by Gasteiger charge is -2.14. The Kier molecular flexibility index (Phi) is 4.42. The highest BCUT2D eigenvalue weighted by molar-refractivity contribution is 6.30. The van der Waals surface area contributed by atoms with Crippen LogP contribution in [-0.2, 0) is 6.54 Å². The average molecular weight is 377 g/mol. The van der Waals surface area contributed by atoms with Crippen molar-refractivity contribution < 1.29 is 0 Å². The molecule has 0 saturated heterocycles. The lowest BCUT2D eigenvalue weighted by molar-refractivity contribution is 0.714. The lowest BCUT2D eigenvalue weighted by Crippen LogP contribution is -2.39. The van der Waals surface area contributed by atoms with E-state index in [-0.39, 0.29) is 11.2 Å². The molecule has 3 aromatic carbocycles. The van der Waals surface area contributed by atoms with Crippen LogP contribution in [-0.4, -0.2) is 9.13 Å². The van der Waals surface area contributed by atoms with Gasteiger partial charge >= 0.3 is 5.69 Å². The molecule has 0 saturated carbocycles. The Morgan fingerprint density at radius 3 is 2.44 bits per heavy atom. The van der Waals surface area contributed by atoms with Gasteiger partial charge in [0.05, 0.1) is 23.1 Å². The van der Waals surface area contributed by atoms with Crippen LogP contribution >= 0.6 is 11.6 Å². The maximum absolute atomic E-state index is 13.3. The molecule has 0 radical (unpaired) electrons. The smallest absolute Gasteiger partial charge is 0.288 e. The monoisotopic (exact) mass is 376 g/mol. The Balaban J connectivity index is 2.03. The van der Waals surface area contributed by atoms with E-state index in [4.69, 9.17) is 11.6 Å². The van der Waals surface area contributed by atoms with E-state index >= 15 is 0 Å². The minimum absolute atomic E-state index is 0.316. The number of para-hydroxylation sites is 1. The predicted octanol–water partition coefficient (Wildman–Crippen LogP) is 4.16. The van der Waals surface area contributed by atoms with Gasteiger partial charge in [-0.25, -0.2) is 9.36 Å². The molecule has 134 valence electrons. The van der Waals surface area contributed by atoms with Crippen LogP contribution in [0.25, 0.3) is 16.6 Å². The number of rotatable bonds is 3. The fourth-order valence-electron chi connectivity index (χ4n) is 3.29. The van der Waals surface area contributed by atoms with Crippen molar-refractivity contribution in [3.05, 3.63) is 110 Å². The molecule has 5 heteroatoms. The molecule has 0 aliphatic heterocycles. The van der Waals surface area contributed by atoms with Crippen LogP contribution in [0, 0.1) is 6.92 Å². The Morgan fingerprint density at radius 1 is 0.889 bits per heavy atom. The van der Waals surface area contributed by atoms with Crippen molar-refractivity contribution >= 4 is 22.5 Å². The summed E-state index contributed by atoms with van der Waals surface area (Å²) in [5, 5.41) is 1.11. The van der Waals surface area contributed by atoms with Gasteiger partial charge in [-0.15, -0.1) is 0 Å². The molecule has 0 unspecified atom stereocenters. The van der Waals surface area contributed by atoms with Crippen LogP contribution in [0.5, 0.6) is 0 Å². The van der Waals surface area contributed by atoms with Gasteiger partial charge in [0, 0.05) is 5.02 Å². The predicted molar refractivity (Wildman–Crippen MR) is 109 cm³/mol. The number of halogens is 1. The number of fused-ring (bicyclic) bond motifs is 1. The molecule has 0 N–H and O–H groups in total. The van der Waals surface area contributed by atoms with Gasteiger partial charge in [0.15, 0.2) is 0 Å². The van der Waals surface area contributed by atoms with E-state index in [0.29, 0.717) is 28.2 Å². The molecule has 4 nitrogen and oxygen atoms in total. The summed E-state index contributed by atoms with van der Waals surface area (Å²) in [4.78, 5) is 26.3. The molecule has 4 aromatic rings. The number of aromatic nitrogens is 2. The summed E-state index contributed by atoms with van der Waals surface area (Å²) in [6.45, 7) is 2.26. The first-order chi connectivity index (χ1) is 13.0. The topological polar surface area (TPSA) is 44.0 Å². The summed E-state index contributed by atoms with van der Waals surface area (Å²) in [6.07, 6.45) is 0. The van der Waals surface area contributed by atoms with Crippen molar-refractivity contribution in [2.24, 2.45) is 0 Å². The van der Waals surface area contributed by atoms with Crippen molar-refractivity contribution in [3.8, 4) is 5.69 Å². The quantitative estimate of drug-likeness (QED) is 0.539. The molecule has 4 rings (SSSR count). The van der Waals surface area contributed by atoms with E-state index in [9.17, 15) is 9.59 Å². The number of nitrogens with zero attached hydrogens (tertiary/aromatic N) is 2. The van der Waals surface area contributed by atoms with E-state index in [2.05, 4.69) is 0 Å². The summed E-state index contributed by atoms with van der Waals surface area (Å²) in [5.41, 5.74) is 2.36. The third kappa shape index (κ3) is 3.20. The molecule has 0 bridgehead atoms. The Morgan fingerprint density at radius 2 is 1.67 bits per heavy atom. The first-order valence-corrected chi connectivity index (χ1v) is 8.98. The molecule has 0 spiro atoms. The van der Waals surface area contributed by atoms with Crippen LogP contribution < -0.4 is 11.2 Å². The minimum atomic E-state index is -0.371. The lowest BCUT2D eigenvalue weighted by atomic mass is 10.2. The minimum Gasteiger partial charge on any atom is -0.288 e. The zero-order valence-corrected chi connectivity index (χ0v) is 15.5. The van der Waals surface area contributed by atoms with Gasteiger partial charge in [0.1, 0.15) is 0 Å². The van der Waals surface area contributed by atoms with Gasteiger partial charge in [0.2, 0.25) is 0 Å². The molecule has 0 aliphatic rings. The van der Waals surface area contributed by atoms with Gasteiger partial charge in [-0.05, 0) is 54.4 Å². The van der Waals surface area contributed by atoms with Crippen molar-refractivity contribution in [2.75, 3.05) is 0 Å². The highest BCUT2D eigenvalue weighted by Gasteiger charge is 2.14. The van der Waals surface area contributed by atoms with Crippen molar-refractivity contribution in [1.82, 2.24) is 9.13 Å². The molecule has 0 aliphatic carbocycles. The SMILES string of the molecule is Cc1cccc(-n2c(=O)c3ccccc3n(Cc3cccc(Cl)c3)c2=O)c1. The zero-order chi connectivity index (χ0) is 19.0. The van der Waals surface area contributed by atoms with Crippen LogP contribution in [0.1, 0.15) is 11.1 Å². The fraction of sp³-hybridized carbons (Fsp3) is 0.0909. The molecule has 0 atom stereocenters. The molecular weight excluding hydrogens is 360 g/mol. The highest BCUT2D eigenvalue weighted by atomic mass is 35.5. The largest absolute Gasteiger partial charge is 0.336 e. The van der Waals surface area contributed by atoms with Crippen LogP contribution in [0.15, 0.2) is 82.4 Å². The van der Waals surface area contributed by atoms with Crippen molar-refractivity contribution in [1.29, 1.82) is 0 Å². The molecule has 0 amide bonds. The van der Waals surface area contributed by atoms with E-state index in [1.165, 1.54) is 4.57 Å². The third-order valence-corrected chi connectivity index (χ3v) is 4.78. The standard InChI is InChI=1S/C22H17ClN2O2/c1-15-6-4-9-18(12-15)25-21(26)19-10-2-3-11-20(19)24(22(25)27)14-16-7-5-8-17(23)13-16/h2-13H,14H2,1H3. The van der Waals surface area contributed by atoms with Gasteiger partial charge in [-0.3, -0.25) is 9.36 Å². The van der Waals surface area contributed by atoms with Gasteiger partial charge in [-0.1, -0.05) is 48.0 Å². The maximum Gasteiger partial charge on any atom is 0.336 e. The second-order valence-corrected chi connectivity index (χ2v) is 6.93. The first-order valence-electron chi connectivity index (χ1n) is 8.61. The number of hydrogen-bond acceptors (Lipinski definition) is 2. The number of hydrogen-bond donors (Lipinski definition) is 0. The second-order valence-electron chi connectivity index (χ2n) is 6.50. The van der Waals surface area contributed by atoms with Crippen molar-refractivity contribution in [2.45, 2.75) is 13.5 Å². The Bertz CT molecular complexity index is 1270. The first kappa shape index (κ1) is 17.3. The van der Waals surface area contributed by atoms with Gasteiger partial charge < -0.3 is 0 Å². The third-order valence-electron chi connectivity index (χ3n) is 4.54. The van der Waals surface area contributed by atoms with Crippen LogP contribution in [0.2, 0.25) is 5.02 Å². The van der Waals surface area contributed by atoms with Crippen molar-refractivity contribution in [3.63, 3.8) is 0 Å². The Labute approximate surface area is 160 Å². The molecule has 1 heterocycles. The highest BCUT2D eigenvalue weighted by Crippen LogP contribution is 2.15. The molecule has 1 aromatic heterocycles. The number of benzene rings is 3. The van der Waals surface area contributed by atoms with E-state index in [1.807, 2.05) is 49.4 Å². The maximum atomic E-state index is 13.3. The summed E-state index contributed by atoms with van der Waals surface area (Å²) in [7, 11) is 0. The van der Waals surface area contributed by atoms with E-state index in [1.54, 1.807) is 34.9 Å². The van der Waals surface area contributed by atoms with Crippen LogP contribution in [0.3, 0.4) is 0 Å².